The Labute approximate surface area is 141 Å². The SMILES string of the molecule is Cc1ccc([C@@H](O[C@H](c2ccc(C)cc2)C(F)(F)F)C(F)(F)F)cc1. The van der Waals surface area contributed by atoms with E-state index in [1.165, 1.54) is 24.3 Å². The van der Waals surface area contributed by atoms with Crippen molar-refractivity contribution in [1.82, 2.24) is 0 Å². The molecule has 2 aromatic carbocycles. The lowest BCUT2D eigenvalue weighted by atomic mass is 10.0. The Morgan fingerprint density at radius 2 is 0.880 bits per heavy atom. The topological polar surface area (TPSA) is 9.23 Å². The van der Waals surface area contributed by atoms with E-state index < -0.39 is 24.6 Å². The normalized spacial score (nSPS) is 15.0. The van der Waals surface area contributed by atoms with Crippen LogP contribution in [-0.4, -0.2) is 12.4 Å². The summed E-state index contributed by atoms with van der Waals surface area (Å²) in [7, 11) is 0. The van der Waals surface area contributed by atoms with Crippen LogP contribution in [0.25, 0.3) is 0 Å². The first-order chi connectivity index (χ1) is 11.5. The summed E-state index contributed by atoms with van der Waals surface area (Å²) in [6, 6.07) is 10.1. The van der Waals surface area contributed by atoms with E-state index in [9.17, 15) is 26.3 Å². The van der Waals surface area contributed by atoms with E-state index in [0.29, 0.717) is 11.1 Å². The van der Waals surface area contributed by atoms with Crippen molar-refractivity contribution >= 4 is 0 Å². The average molecular weight is 362 g/mol. The lowest BCUT2D eigenvalue weighted by Gasteiger charge is -2.28. The first kappa shape index (κ1) is 19.3. The molecular weight excluding hydrogens is 346 g/mol. The highest BCUT2D eigenvalue weighted by atomic mass is 19.4. The van der Waals surface area contributed by atoms with Gasteiger partial charge in [-0.15, -0.1) is 0 Å². The summed E-state index contributed by atoms with van der Waals surface area (Å²) in [6.07, 6.45) is -15.3. The number of alkyl halides is 6. The third kappa shape index (κ3) is 4.98. The fraction of sp³-hybridized carbons (Fsp3) is 0.333. The van der Waals surface area contributed by atoms with E-state index >= 15 is 0 Å². The van der Waals surface area contributed by atoms with Crippen LogP contribution in [-0.2, 0) is 4.74 Å². The summed E-state index contributed by atoms with van der Waals surface area (Å²) >= 11 is 0. The maximum absolute atomic E-state index is 13.3. The van der Waals surface area contributed by atoms with Crippen molar-refractivity contribution in [1.29, 1.82) is 0 Å². The molecule has 136 valence electrons. The van der Waals surface area contributed by atoms with Crippen LogP contribution in [0.5, 0.6) is 0 Å². The molecule has 0 unspecified atom stereocenters. The van der Waals surface area contributed by atoms with Gasteiger partial charge in [-0.25, -0.2) is 0 Å². The predicted molar refractivity (Wildman–Crippen MR) is 81.0 cm³/mol. The van der Waals surface area contributed by atoms with Crippen molar-refractivity contribution < 1.29 is 31.1 Å². The smallest absolute Gasteiger partial charge is 0.347 e. The van der Waals surface area contributed by atoms with Gasteiger partial charge in [-0.05, 0) is 25.0 Å². The monoisotopic (exact) mass is 362 g/mol. The minimum absolute atomic E-state index is 0.375. The Balaban J connectivity index is 2.42. The molecule has 2 atom stereocenters. The van der Waals surface area contributed by atoms with Gasteiger partial charge in [0.1, 0.15) is 0 Å². The molecule has 0 aliphatic rings. The Kier molecular flexibility index (Phi) is 5.46. The van der Waals surface area contributed by atoms with Crippen LogP contribution in [0.3, 0.4) is 0 Å². The Morgan fingerprint density at radius 3 is 1.12 bits per heavy atom. The van der Waals surface area contributed by atoms with Gasteiger partial charge in [0.25, 0.3) is 0 Å². The number of halogens is 6. The Morgan fingerprint density at radius 1 is 0.600 bits per heavy atom. The standard InChI is InChI=1S/C18H16F6O/c1-11-3-7-13(8-4-11)15(17(19,20)21)25-16(18(22,23)24)14-9-5-12(2)6-10-14/h3-10,15-16H,1-2H3/t15-,16-/m1/s1. The first-order valence-corrected chi connectivity index (χ1v) is 7.40. The van der Waals surface area contributed by atoms with Crippen LogP contribution in [0.15, 0.2) is 48.5 Å². The maximum Gasteiger partial charge on any atom is 0.418 e. The zero-order valence-electron chi connectivity index (χ0n) is 13.4. The predicted octanol–water partition coefficient (Wildman–Crippen LogP) is 6.23. The number of rotatable bonds is 4. The lowest BCUT2D eigenvalue weighted by molar-refractivity contribution is -0.292. The van der Waals surface area contributed by atoms with Gasteiger partial charge in [-0.1, -0.05) is 59.7 Å². The molecule has 2 rings (SSSR count). The molecule has 0 radical (unpaired) electrons. The molecule has 0 spiro atoms. The van der Waals surface area contributed by atoms with Gasteiger partial charge in [0.15, 0.2) is 12.2 Å². The molecule has 0 aliphatic heterocycles. The van der Waals surface area contributed by atoms with Crippen LogP contribution in [0.4, 0.5) is 26.3 Å². The molecule has 1 nitrogen and oxygen atoms in total. The molecule has 0 aliphatic carbocycles. The third-order valence-electron chi connectivity index (χ3n) is 3.63. The number of benzene rings is 2. The zero-order chi connectivity index (χ0) is 18.8. The van der Waals surface area contributed by atoms with E-state index in [0.717, 1.165) is 24.3 Å². The highest BCUT2D eigenvalue weighted by Crippen LogP contribution is 2.44. The molecule has 0 amide bonds. The minimum atomic E-state index is -4.98. The van der Waals surface area contributed by atoms with Crippen LogP contribution in [0, 0.1) is 13.8 Å². The first-order valence-electron chi connectivity index (χ1n) is 7.40. The van der Waals surface area contributed by atoms with E-state index in [1.54, 1.807) is 13.8 Å². The van der Waals surface area contributed by atoms with Crippen LogP contribution in [0.1, 0.15) is 34.5 Å². The number of hydrogen-bond donors (Lipinski definition) is 0. The highest BCUT2D eigenvalue weighted by molar-refractivity contribution is 5.26. The fourth-order valence-corrected chi connectivity index (χ4v) is 2.31. The van der Waals surface area contributed by atoms with Gasteiger partial charge in [0, 0.05) is 0 Å². The largest absolute Gasteiger partial charge is 0.418 e. The molecular formula is C18H16F6O. The second kappa shape index (κ2) is 7.07. The molecule has 7 heteroatoms. The quantitative estimate of drug-likeness (QED) is 0.586. The van der Waals surface area contributed by atoms with Crippen molar-refractivity contribution in [3.8, 4) is 0 Å². The van der Waals surface area contributed by atoms with Gasteiger partial charge in [0.2, 0.25) is 0 Å². The zero-order valence-corrected chi connectivity index (χ0v) is 13.4. The van der Waals surface area contributed by atoms with Gasteiger partial charge >= 0.3 is 12.4 Å². The van der Waals surface area contributed by atoms with Crippen molar-refractivity contribution in [2.75, 3.05) is 0 Å². The molecule has 0 saturated carbocycles. The van der Waals surface area contributed by atoms with Crippen molar-refractivity contribution in [3.05, 3.63) is 70.8 Å². The summed E-state index contributed by atoms with van der Waals surface area (Å²) in [4.78, 5) is 0. The number of ether oxygens (including phenoxy) is 1. The number of aryl methyl sites for hydroxylation is 2. The Bertz CT molecular complexity index is 624. The molecule has 0 saturated heterocycles. The van der Waals surface area contributed by atoms with Gasteiger partial charge in [-0.2, -0.15) is 26.3 Å². The van der Waals surface area contributed by atoms with Gasteiger partial charge in [-0.3, -0.25) is 0 Å². The minimum Gasteiger partial charge on any atom is -0.347 e. The third-order valence-corrected chi connectivity index (χ3v) is 3.63. The average Bonchev–Trinajstić information content (AvgIpc) is 2.48. The van der Waals surface area contributed by atoms with Crippen LogP contribution in [0.2, 0.25) is 0 Å². The fourth-order valence-electron chi connectivity index (χ4n) is 2.31. The summed E-state index contributed by atoms with van der Waals surface area (Å²) in [5.74, 6) is 0. The van der Waals surface area contributed by atoms with E-state index in [4.69, 9.17) is 0 Å². The molecule has 0 aromatic heterocycles. The summed E-state index contributed by atoms with van der Waals surface area (Å²) < 4.78 is 84.6. The van der Waals surface area contributed by atoms with E-state index in [2.05, 4.69) is 4.74 Å². The molecule has 0 bridgehead atoms. The van der Waals surface area contributed by atoms with Crippen LogP contribution >= 0.6 is 0 Å². The van der Waals surface area contributed by atoms with Crippen LogP contribution < -0.4 is 0 Å². The second-order valence-corrected chi connectivity index (χ2v) is 5.80. The van der Waals surface area contributed by atoms with Crippen molar-refractivity contribution in [3.63, 3.8) is 0 Å². The molecule has 2 aromatic rings. The summed E-state index contributed by atoms with van der Waals surface area (Å²) in [5.41, 5.74) is 0.630. The lowest BCUT2D eigenvalue weighted by Crippen LogP contribution is -2.31. The summed E-state index contributed by atoms with van der Waals surface area (Å²) in [6.45, 7) is 3.33. The second-order valence-electron chi connectivity index (χ2n) is 5.80. The van der Waals surface area contributed by atoms with Crippen molar-refractivity contribution in [2.45, 2.75) is 38.4 Å². The van der Waals surface area contributed by atoms with Gasteiger partial charge < -0.3 is 4.74 Å². The highest BCUT2D eigenvalue weighted by Gasteiger charge is 2.50. The Hall–Kier alpha value is -2.02. The van der Waals surface area contributed by atoms with E-state index in [-0.39, 0.29) is 11.1 Å². The summed E-state index contributed by atoms with van der Waals surface area (Å²) in [5, 5.41) is 0. The molecule has 25 heavy (non-hydrogen) atoms. The number of hydrogen-bond acceptors (Lipinski definition) is 1. The molecule has 0 fully saturated rings. The van der Waals surface area contributed by atoms with Gasteiger partial charge in [0.05, 0.1) is 0 Å². The maximum atomic E-state index is 13.3. The van der Waals surface area contributed by atoms with E-state index in [1.807, 2.05) is 0 Å². The molecule has 0 N–H and O–H groups in total. The van der Waals surface area contributed by atoms with Crippen molar-refractivity contribution in [2.24, 2.45) is 0 Å². The molecule has 0 heterocycles.